The summed E-state index contributed by atoms with van der Waals surface area (Å²) in [7, 11) is 0. The van der Waals surface area contributed by atoms with Crippen molar-refractivity contribution in [3.8, 4) is 0 Å². The van der Waals surface area contributed by atoms with Gasteiger partial charge in [0.1, 0.15) is 4.47 Å². The standard InChI is InChI=1S/C7H3BrFNO4S/c8-4-1-3(2-5(9)7(11)12)15-6(4)10(13)14/h1-2H,(H,11,12)/b5-2-. The SMILES string of the molecule is O=C(O)/C(F)=C/c1cc(Br)c([N+](=O)[O-])s1. The lowest BCUT2D eigenvalue weighted by Gasteiger charge is -1.85. The number of aliphatic carboxylic acids is 1. The van der Waals surface area contributed by atoms with E-state index in [9.17, 15) is 19.3 Å². The van der Waals surface area contributed by atoms with Crippen LogP contribution in [-0.2, 0) is 4.79 Å². The number of thiophene rings is 1. The second-order valence-corrected chi connectivity index (χ2v) is 4.27. The molecule has 1 aromatic heterocycles. The van der Waals surface area contributed by atoms with Gasteiger partial charge in [-0.2, -0.15) is 4.39 Å². The molecule has 0 aliphatic heterocycles. The van der Waals surface area contributed by atoms with Crippen LogP contribution in [-0.4, -0.2) is 16.0 Å². The van der Waals surface area contributed by atoms with E-state index in [0.29, 0.717) is 11.3 Å². The molecule has 0 saturated heterocycles. The number of nitro groups is 1. The summed E-state index contributed by atoms with van der Waals surface area (Å²) in [5.41, 5.74) is 0. The van der Waals surface area contributed by atoms with Crippen molar-refractivity contribution in [1.82, 2.24) is 0 Å². The van der Waals surface area contributed by atoms with Crippen LogP contribution < -0.4 is 0 Å². The van der Waals surface area contributed by atoms with Gasteiger partial charge in [0, 0.05) is 4.88 Å². The Balaban J connectivity index is 3.09. The molecule has 0 saturated carbocycles. The molecule has 80 valence electrons. The molecule has 0 atom stereocenters. The molecule has 0 bridgehead atoms. The molecule has 5 nitrogen and oxygen atoms in total. The van der Waals surface area contributed by atoms with E-state index in [-0.39, 0.29) is 14.4 Å². The van der Waals surface area contributed by atoms with Gasteiger partial charge in [-0.15, -0.1) is 0 Å². The van der Waals surface area contributed by atoms with Crippen LogP contribution in [0, 0.1) is 10.1 Å². The van der Waals surface area contributed by atoms with Gasteiger partial charge in [-0.1, -0.05) is 11.3 Å². The summed E-state index contributed by atoms with van der Waals surface area (Å²) in [6.45, 7) is 0. The summed E-state index contributed by atoms with van der Waals surface area (Å²) in [4.78, 5) is 20.1. The summed E-state index contributed by atoms with van der Waals surface area (Å²) < 4.78 is 12.8. The predicted octanol–water partition coefficient (Wildman–Crippen LogP) is 2.81. The van der Waals surface area contributed by atoms with Crippen molar-refractivity contribution in [2.75, 3.05) is 0 Å². The topological polar surface area (TPSA) is 80.4 Å². The summed E-state index contributed by atoms with van der Waals surface area (Å²) in [6.07, 6.45) is 0.727. The lowest BCUT2D eigenvalue weighted by atomic mass is 10.4. The molecule has 1 heterocycles. The predicted molar refractivity (Wildman–Crippen MR) is 55.4 cm³/mol. The number of hydrogen-bond acceptors (Lipinski definition) is 4. The maximum absolute atomic E-state index is 12.6. The number of rotatable bonds is 3. The number of carboxylic acid groups (broad SMARTS) is 1. The third-order valence-corrected chi connectivity index (χ3v) is 3.23. The van der Waals surface area contributed by atoms with E-state index in [4.69, 9.17) is 5.11 Å². The largest absolute Gasteiger partial charge is 0.476 e. The first-order valence-corrected chi connectivity index (χ1v) is 5.07. The van der Waals surface area contributed by atoms with Gasteiger partial charge in [0.2, 0.25) is 5.83 Å². The summed E-state index contributed by atoms with van der Waals surface area (Å²) in [5.74, 6) is -3.07. The molecule has 1 N–H and O–H groups in total. The summed E-state index contributed by atoms with van der Waals surface area (Å²) in [6, 6.07) is 1.28. The van der Waals surface area contributed by atoms with Crippen LogP contribution in [0.3, 0.4) is 0 Å². The third kappa shape index (κ3) is 2.83. The fourth-order valence-corrected chi connectivity index (χ4v) is 2.34. The van der Waals surface area contributed by atoms with E-state index >= 15 is 0 Å². The molecule has 0 amide bonds. The normalized spacial score (nSPS) is 11.5. The van der Waals surface area contributed by atoms with Crippen molar-refractivity contribution in [2.45, 2.75) is 0 Å². The van der Waals surface area contributed by atoms with Crippen LogP contribution in [0.5, 0.6) is 0 Å². The minimum absolute atomic E-state index is 0.161. The first-order chi connectivity index (χ1) is 6.91. The Morgan fingerprint density at radius 3 is 2.73 bits per heavy atom. The maximum Gasteiger partial charge on any atom is 0.364 e. The number of carbonyl (C=O) groups is 1. The molecular weight excluding hydrogens is 293 g/mol. The van der Waals surface area contributed by atoms with Crippen molar-refractivity contribution in [2.24, 2.45) is 0 Å². The number of halogens is 2. The fourth-order valence-electron chi connectivity index (χ4n) is 0.759. The smallest absolute Gasteiger partial charge is 0.364 e. The average molecular weight is 296 g/mol. The molecule has 8 heteroatoms. The third-order valence-electron chi connectivity index (χ3n) is 1.33. The van der Waals surface area contributed by atoms with E-state index in [1.54, 1.807) is 0 Å². The van der Waals surface area contributed by atoms with Crippen LogP contribution in [0.25, 0.3) is 6.08 Å². The summed E-state index contributed by atoms with van der Waals surface area (Å²) >= 11 is 3.60. The van der Waals surface area contributed by atoms with Crippen LogP contribution >= 0.6 is 27.3 Å². The van der Waals surface area contributed by atoms with Gasteiger partial charge in [-0.3, -0.25) is 10.1 Å². The number of carboxylic acids is 1. The van der Waals surface area contributed by atoms with Crippen molar-refractivity contribution in [3.63, 3.8) is 0 Å². The van der Waals surface area contributed by atoms with Gasteiger partial charge in [0.15, 0.2) is 0 Å². The second kappa shape index (κ2) is 4.49. The molecule has 0 unspecified atom stereocenters. The molecule has 1 aromatic rings. The molecular formula is C7H3BrFNO4S. The van der Waals surface area contributed by atoms with Gasteiger partial charge < -0.3 is 5.11 Å². The zero-order valence-electron chi connectivity index (χ0n) is 6.94. The first-order valence-electron chi connectivity index (χ1n) is 3.46. The monoisotopic (exact) mass is 295 g/mol. The molecule has 0 fully saturated rings. The lowest BCUT2D eigenvalue weighted by molar-refractivity contribution is -0.380. The Morgan fingerprint density at radius 2 is 2.33 bits per heavy atom. The van der Waals surface area contributed by atoms with Crippen molar-refractivity contribution < 1.29 is 19.2 Å². The summed E-state index contributed by atoms with van der Waals surface area (Å²) in [5, 5.41) is 18.5. The Morgan fingerprint density at radius 1 is 1.73 bits per heavy atom. The number of hydrogen-bond donors (Lipinski definition) is 1. The van der Waals surface area contributed by atoms with Gasteiger partial charge in [0.25, 0.3) is 0 Å². The molecule has 0 spiro atoms. The molecule has 0 aliphatic rings. The second-order valence-electron chi connectivity index (χ2n) is 2.36. The van der Waals surface area contributed by atoms with Crippen LogP contribution in [0.2, 0.25) is 0 Å². The Bertz CT molecular complexity index is 456. The lowest BCUT2D eigenvalue weighted by Crippen LogP contribution is -1.93. The van der Waals surface area contributed by atoms with Gasteiger partial charge in [-0.25, -0.2) is 4.79 Å². The van der Waals surface area contributed by atoms with Gasteiger partial charge >= 0.3 is 11.0 Å². The van der Waals surface area contributed by atoms with Crippen molar-refractivity contribution in [3.05, 3.63) is 31.4 Å². The van der Waals surface area contributed by atoms with Crippen LogP contribution in [0.4, 0.5) is 9.39 Å². The van der Waals surface area contributed by atoms with E-state index in [1.807, 2.05) is 0 Å². The van der Waals surface area contributed by atoms with Gasteiger partial charge in [-0.05, 0) is 28.1 Å². The molecule has 15 heavy (non-hydrogen) atoms. The fraction of sp³-hybridized carbons (Fsp3) is 0. The van der Waals surface area contributed by atoms with E-state index in [0.717, 1.165) is 6.08 Å². The quantitative estimate of drug-likeness (QED) is 0.528. The molecule has 0 aromatic carbocycles. The van der Waals surface area contributed by atoms with Crippen LogP contribution in [0.15, 0.2) is 16.4 Å². The Kier molecular flexibility index (Phi) is 3.53. The van der Waals surface area contributed by atoms with Crippen LogP contribution in [0.1, 0.15) is 4.88 Å². The molecule has 1 rings (SSSR count). The van der Waals surface area contributed by atoms with Crippen molar-refractivity contribution in [1.29, 1.82) is 0 Å². The Hall–Kier alpha value is -1.28. The highest BCUT2D eigenvalue weighted by Crippen LogP contribution is 2.35. The minimum atomic E-state index is -1.71. The number of nitrogens with zero attached hydrogens (tertiary/aromatic N) is 1. The van der Waals surface area contributed by atoms with E-state index in [2.05, 4.69) is 15.9 Å². The zero-order valence-corrected chi connectivity index (χ0v) is 9.34. The maximum atomic E-state index is 12.6. The highest BCUT2D eigenvalue weighted by atomic mass is 79.9. The zero-order chi connectivity index (χ0) is 11.6. The first kappa shape index (κ1) is 11.8. The van der Waals surface area contributed by atoms with E-state index in [1.165, 1.54) is 6.07 Å². The van der Waals surface area contributed by atoms with E-state index < -0.39 is 16.7 Å². The molecule has 0 aliphatic carbocycles. The molecule has 0 radical (unpaired) electrons. The van der Waals surface area contributed by atoms with Crippen molar-refractivity contribution >= 4 is 44.3 Å². The minimum Gasteiger partial charge on any atom is -0.476 e. The van der Waals surface area contributed by atoms with Gasteiger partial charge in [0.05, 0.1) is 4.92 Å². The Labute approximate surface area is 95.1 Å². The highest BCUT2D eigenvalue weighted by Gasteiger charge is 2.17. The average Bonchev–Trinajstić information content (AvgIpc) is 2.46. The highest BCUT2D eigenvalue weighted by molar-refractivity contribution is 9.10.